The van der Waals surface area contributed by atoms with Crippen LogP contribution in [-0.2, 0) is 0 Å². The van der Waals surface area contributed by atoms with Crippen LogP contribution in [0.5, 0.6) is 0 Å². The summed E-state index contributed by atoms with van der Waals surface area (Å²) in [6.07, 6.45) is 0. The van der Waals surface area contributed by atoms with Crippen LogP contribution in [0.3, 0.4) is 0 Å². The molecule has 0 fully saturated rings. The number of hydrogen-bond donors (Lipinski definition) is 3. The summed E-state index contributed by atoms with van der Waals surface area (Å²) in [5, 5.41) is 6.00. The average Bonchev–Trinajstić information content (AvgIpc) is 1.82. The van der Waals surface area contributed by atoms with Crippen LogP contribution in [0.1, 0.15) is 13.8 Å². The molecule has 0 aromatic rings. The molecule has 1 unspecified atom stereocenters. The van der Waals surface area contributed by atoms with Crippen LogP contribution in [0, 0.1) is 0 Å². The van der Waals surface area contributed by atoms with E-state index in [1.54, 1.807) is 0 Å². The summed E-state index contributed by atoms with van der Waals surface area (Å²) in [5.74, 6) is 0. The van der Waals surface area contributed by atoms with Crippen LogP contribution in [0.2, 0.25) is 0 Å². The lowest BCUT2D eigenvalue weighted by Crippen LogP contribution is -2.38. The first-order valence-corrected chi connectivity index (χ1v) is 4.52. The van der Waals surface area contributed by atoms with Gasteiger partial charge in [-0.25, -0.2) is 0 Å². The van der Waals surface area contributed by atoms with Crippen molar-refractivity contribution in [2.75, 3.05) is 6.54 Å². The summed E-state index contributed by atoms with van der Waals surface area (Å²) in [6, 6.07) is 0.262. The molecule has 0 aliphatic carbocycles. The first-order chi connectivity index (χ1) is 5.02. The fraction of sp³-hybridized carbons (Fsp3) is 0.667. The van der Waals surface area contributed by atoms with Gasteiger partial charge in [0.2, 0.25) is 0 Å². The molecule has 0 bridgehead atoms. The van der Waals surface area contributed by atoms with Crippen LogP contribution >= 0.6 is 37.1 Å². The number of thiocarbonyl (C=S) groups is 2. The summed E-state index contributed by atoms with van der Waals surface area (Å²) >= 11 is 13.5. The monoisotopic (exact) mass is 208 g/mol. The highest BCUT2D eigenvalue weighted by molar-refractivity contribution is 8.11. The van der Waals surface area contributed by atoms with Crippen LogP contribution in [0.25, 0.3) is 0 Å². The quantitative estimate of drug-likeness (QED) is 0.478. The lowest BCUT2D eigenvalue weighted by Gasteiger charge is -2.13. The molecule has 11 heavy (non-hydrogen) atoms. The molecule has 0 radical (unpaired) electrons. The van der Waals surface area contributed by atoms with Gasteiger partial charge in [-0.3, -0.25) is 0 Å². The normalized spacial score (nSPS) is 11.9. The van der Waals surface area contributed by atoms with Gasteiger partial charge in [-0.1, -0.05) is 24.4 Å². The molecule has 0 spiro atoms. The molecule has 2 nitrogen and oxygen atoms in total. The minimum Gasteiger partial charge on any atom is -0.378 e. The van der Waals surface area contributed by atoms with E-state index in [9.17, 15) is 0 Å². The largest absolute Gasteiger partial charge is 0.378 e. The van der Waals surface area contributed by atoms with Crippen LogP contribution in [0.4, 0.5) is 0 Å². The summed E-state index contributed by atoms with van der Waals surface area (Å²) < 4.78 is 0.515. The number of thiol groups is 1. The second kappa shape index (κ2) is 5.74. The van der Waals surface area contributed by atoms with Crippen molar-refractivity contribution in [2.24, 2.45) is 0 Å². The zero-order valence-corrected chi connectivity index (χ0v) is 9.08. The van der Waals surface area contributed by atoms with Gasteiger partial charge in [-0.05, 0) is 13.8 Å². The van der Waals surface area contributed by atoms with Crippen LogP contribution in [-0.4, -0.2) is 21.9 Å². The summed E-state index contributed by atoms with van der Waals surface area (Å²) in [4.78, 5) is 0.795. The lowest BCUT2D eigenvalue weighted by atomic mass is 10.3. The Hall–Kier alpha value is 0.130. The molecule has 2 N–H and O–H groups in total. The molecule has 0 aromatic heterocycles. The molecule has 0 aliphatic rings. The zero-order valence-electron chi connectivity index (χ0n) is 6.55. The second-order valence-corrected chi connectivity index (χ2v) is 4.06. The predicted molar refractivity (Wildman–Crippen MR) is 60.5 cm³/mol. The van der Waals surface area contributed by atoms with Gasteiger partial charge >= 0.3 is 0 Å². The smallest absolute Gasteiger partial charge is 0.130 e. The maximum absolute atomic E-state index is 4.84. The maximum atomic E-state index is 4.84. The maximum Gasteiger partial charge on any atom is 0.130 e. The van der Waals surface area contributed by atoms with Gasteiger partial charge in [-0.15, -0.1) is 12.6 Å². The Morgan fingerprint density at radius 2 is 2.09 bits per heavy atom. The fourth-order valence-electron chi connectivity index (χ4n) is 0.559. The molecular formula is C6H12N2S3. The molecule has 0 heterocycles. The minimum atomic E-state index is 0.262. The number of rotatable bonds is 3. The molecule has 64 valence electrons. The van der Waals surface area contributed by atoms with E-state index in [-0.39, 0.29) is 6.04 Å². The fourth-order valence-corrected chi connectivity index (χ4v) is 1.06. The molecule has 5 heteroatoms. The van der Waals surface area contributed by atoms with Gasteiger partial charge in [0.1, 0.15) is 4.32 Å². The molecule has 0 rings (SSSR count). The SMILES string of the molecule is CC(=S)NCC(C)NC(=S)S. The second-order valence-electron chi connectivity index (χ2n) is 2.29. The van der Waals surface area contributed by atoms with Crippen molar-refractivity contribution >= 4 is 46.4 Å². The Bertz CT molecular complexity index is 158. The lowest BCUT2D eigenvalue weighted by molar-refractivity contribution is 0.650. The van der Waals surface area contributed by atoms with E-state index >= 15 is 0 Å². The number of hydrogen-bond acceptors (Lipinski definition) is 2. The van der Waals surface area contributed by atoms with Crippen molar-refractivity contribution in [3.63, 3.8) is 0 Å². The first kappa shape index (κ1) is 11.1. The van der Waals surface area contributed by atoms with Gasteiger partial charge in [0, 0.05) is 12.6 Å². The van der Waals surface area contributed by atoms with E-state index in [1.807, 2.05) is 13.8 Å². The van der Waals surface area contributed by atoms with Crippen LogP contribution < -0.4 is 10.6 Å². The van der Waals surface area contributed by atoms with E-state index in [4.69, 9.17) is 24.4 Å². The molecular weight excluding hydrogens is 196 g/mol. The molecule has 0 aromatic carbocycles. The van der Waals surface area contributed by atoms with E-state index < -0.39 is 0 Å². The third kappa shape index (κ3) is 8.03. The molecule has 1 atom stereocenters. The third-order valence-corrected chi connectivity index (χ3v) is 1.42. The molecule has 0 saturated carbocycles. The van der Waals surface area contributed by atoms with Crippen molar-refractivity contribution in [1.82, 2.24) is 10.6 Å². The third-order valence-electron chi connectivity index (χ3n) is 1.03. The Morgan fingerprint density at radius 3 is 2.45 bits per heavy atom. The van der Waals surface area contributed by atoms with Gasteiger partial charge in [-0.2, -0.15) is 0 Å². The average molecular weight is 208 g/mol. The molecule has 0 saturated heterocycles. The Morgan fingerprint density at radius 1 is 1.55 bits per heavy atom. The van der Waals surface area contributed by atoms with Crippen LogP contribution in [0.15, 0.2) is 0 Å². The Kier molecular flexibility index (Phi) is 5.81. The van der Waals surface area contributed by atoms with Crippen molar-refractivity contribution in [3.05, 3.63) is 0 Å². The molecule has 0 amide bonds. The van der Waals surface area contributed by atoms with Gasteiger partial charge in [0.25, 0.3) is 0 Å². The topological polar surface area (TPSA) is 24.1 Å². The highest BCUT2D eigenvalue weighted by Gasteiger charge is 1.99. The Labute approximate surface area is 83.5 Å². The summed E-state index contributed by atoms with van der Waals surface area (Å²) in [7, 11) is 0. The van der Waals surface area contributed by atoms with Crippen molar-refractivity contribution in [3.8, 4) is 0 Å². The highest BCUT2D eigenvalue weighted by atomic mass is 32.1. The summed E-state index contributed by atoms with van der Waals surface area (Å²) in [6.45, 7) is 4.63. The molecule has 0 aliphatic heterocycles. The van der Waals surface area contributed by atoms with Gasteiger partial charge in [0.05, 0.1) is 4.99 Å². The van der Waals surface area contributed by atoms with E-state index in [0.717, 1.165) is 11.5 Å². The first-order valence-electron chi connectivity index (χ1n) is 3.26. The standard InChI is InChI=1S/C6H12N2S3/c1-4(8-6(10)11)3-7-5(2)9/h4H,3H2,1-2H3,(H,7,9)(H2,8,10,11). The van der Waals surface area contributed by atoms with Crippen molar-refractivity contribution in [1.29, 1.82) is 0 Å². The summed E-state index contributed by atoms with van der Waals surface area (Å²) in [5.41, 5.74) is 0. The Balaban J connectivity index is 3.44. The van der Waals surface area contributed by atoms with Gasteiger partial charge in [0.15, 0.2) is 0 Å². The minimum absolute atomic E-state index is 0.262. The van der Waals surface area contributed by atoms with E-state index in [0.29, 0.717) is 4.32 Å². The van der Waals surface area contributed by atoms with E-state index in [1.165, 1.54) is 0 Å². The number of nitrogens with one attached hydrogen (secondary N) is 2. The predicted octanol–water partition coefficient (Wildman–Crippen LogP) is 1.12. The van der Waals surface area contributed by atoms with Crippen molar-refractivity contribution in [2.45, 2.75) is 19.9 Å². The van der Waals surface area contributed by atoms with Gasteiger partial charge < -0.3 is 10.6 Å². The highest BCUT2D eigenvalue weighted by Crippen LogP contribution is 1.84. The van der Waals surface area contributed by atoms with E-state index in [2.05, 4.69) is 23.3 Å². The zero-order chi connectivity index (χ0) is 8.85. The van der Waals surface area contributed by atoms with Crippen molar-refractivity contribution < 1.29 is 0 Å².